The Labute approximate surface area is 122 Å². The number of fused-ring (bicyclic) bond motifs is 2. The molecule has 0 unspecified atom stereocenters. The summed E-state index contributed by atoms with van der Waals surface area (Å²) in [7, 11) is 1.53. The van der Waals surface area contributed by atoms with Crippen LogP contribution in [-0.2, 0) is 9.59 Å². The molecule has 0 aromatic heterocycles. The maximum absolute atomic E-state index is 12.5. The van der Waals surface area contributed by atoms with Gasteiger partial charge in [0, 0.05) is 0 Å². The van der Waals surface area contributed by atoms with E-state index in [1.165, 1.54) is 7.11 Å². The van der Waals surface area contributed by atoms with Crippen LogP contribution in [0.1, 0.15) is 6.42 Å². The molecule has 2 bridgehead atoms. The maximum Gasteiger partial charge on any atom is 0.307 e. The molecule has 0 radical (unpaired) electrons. The largest absolute Gasteiger partial charge is 0.495 e. The van der Waals surface area contributed by atoms with E-state index >= 15 is 0 Å². The molecule has 1 aromatic rings. The van der Waals surface area contributed by atoms with Crippen molar-refractivity contribution < 1.29 is 19.4 Å². The van der Waals surface area contributed by atoms with Crippen LogP contribution >= 0.6 is 0 Å². The summed E-state index contributed by atoms with van der Waals surface area (Å²) in [5.41, 5.74) is 0.570. The van der Waals surface area contributed by atoms with Gasteiger partial charge < -0.3 is 15.2 Å². The van der Waals surface area contributed by atoms with Crippen LogP contribution < -0.4 is 10.1 Å². The van der Waals surface area contributed by atoms with Gasteiger partial charge in [0.25, 0.3) is 0 Å². The zero-order valence-corrected chi connectivity index (χ0v) is 11.7. The molecule has 5 nitrogen and oxygen atoms in total. The van der Waals surface area contributed by atoms with Crippen LogP contribution in [0.4, 0.5) is 5.69 Å². The Bertz CT molecular complexity index is 610. The Balaban J connectivity index is 1.82. The molecule has 0 saturated heterocycles. The van der Waals surface area contributed by atoms with Crippen LogP contribution in [0, 0.1) is 23.7 Å². The number of methoxy groups -OCH3 is 1. The van der Waals surface area contributed by atoms with Crippen LogP contribution in [0.15, 0.2) is 36.4 Å². The first-order valence-corrected chi connectivity index (χ1v) is 6.97. The Morgan fingerprint density at radius 1 is 1.19 bits per heavy atom. The van der Waals surface area contributed by atoms with E-state index in [1.807, 2.05) is 18.2 Å². The van der Waals surface area contributed by atoms with E-state index in [9.17, 15) is 14.7 Å². The fourth-order valence-corrected chi connectivity index (χ4v) is 3.48. The van der Waals surface area contributed by atoms with E-state index in [2.05, 4.69) is 5.32 Å². The van der Waals surface area contributed by atoms with Crippen molar-refractivity contribution in [3.05, 3.63) is 36.4 Å². The van der Waals surface area contributed by atoms with Crippen LogP contribution in [0.3, 0.4) is 0 Å². The minimum atomic E-state index is -0.896. The molecule has 0 aliphatic heterocycles. The molecule has 1 amide bonds. The van der Waals surface area contributed by atoms with Gasteiger partial charge in [0.05, 0.1) is 24.6 Å². The van der Waals surface area contributed by atoms with Gasteiger partial charge in [-0.25, -0.2) is 0 Å². The highest BCUT2D eigenvalue weighted by molar-refractivity contribution is 5.97. The predicted molar refractivity (Wildman–Crippen MR) is 77.0 cm³/mol. The van der Waals surface area contributed by atoms with Gasteiger partial charge in [0.1, 0.15) is 5.75 Å². The topological polar surface area (TPSA) is 75.6 Å². The third-order valence-corrected chi connectivity index (χ3v) is 4.41. The lowest BCUT2D eigenvalue weighted by atomic mass is 9.82. The van der Waals surface area contributed by atoms with Gasteiger partial charge >= 0.3 is 5.97 Å². The molecular formula is C16H17NO4. The minimum absolute atomic E-state index is 0.0193. The van der Waals surface area contributed by atoms with E-state index < -0.39 is 17.8 Å². The van der Waals surface area contributed by atoms with Crippen LogP contribution in [0.2, 0.25) is 0 Å². The lowest BCUT2D eigenvalue weighted by Crippen LogP contribution is -2.36. The summed E-state index contributed by atoms with van der Waals surface area (Å²) in [5.74, 6) is -1.73. The van der Waals surface area contributed by atoms with Gasteiger partial charge in [0.2, 0.25) is 5.91 Å². The third-order valence-electron chi connectivity index (χ3n) is 4.41. The average Bonchev–Trinajstić information content (AvgIpc) is 3.08. The second-order valence-corrected chi connectivity index (χ2v) is 5.53. The Morgan fingerprint density at radius 3 is 2.52 bits per heavy atom. The highest BCUT2D eigenvalue weighted by Crippen LogP contribution is 2.48. The molecule has 5 heteroatoms. The van der Waals surface area contributed by atoms with Crippen LogP contribution in [0.5, 0.6) is 5.75 Å². The second kappa shape index (κ2) is 5.24. The molecule has 1 saturated carbocycles. The Kier molecular flexibility index (Phi) is 3.41. The molecule has 21 heavy (non-hydrogen) atoms. The summed E-state index contributed by atoms with van der Waals surface area (Å²) in [4.78, 5) is 24.0. The number of amides is 1. The lowest BCUT2D eigenvalue weighted by molar-refractivity contribution is -0.146. The number of hydrogen-bond donors (Lipinski definition) is 2. The Hall–Kier alpha value is -2.30. The highest BCUT2D eigenvalue weighted by Gasteiger charge is 2.51. The van der Waals surface area contributed by atoms with E-state index in [0.717, 1.165) is 6.42 Å². The molecule has 0 spiro atoms. The number of carboxylic acids is 1. The third kappa shape index (κ3) is 2.28. The number of allylic oxidation sites excluding steroid dienone is 2. The summed E-state index contributed by atoms with van der Waals surface area (Å²) in [5, 5.41) is 12.2. The van der Waals surface area contributed by atoms with E-state index in [0.29, 0.717) is 11.4 Å². The van der Waals surface area contributed by atoms with Crippen molar-refractivity contribution in [3.63, 3.8) is 0 Å². The zero-order chi connectivity index (χ0) is 15.0. The van der Waals surface area contributed by atoms with Gasteiger partial charge in [-0.2, -0.15) is 0 Å². The fourth-order valence-electron chi connectivity index (χ4n) is 3.48. The molecule has 2 aliphatic carbocycles. The standard InChI is InChI=1S/C16H17NO4/c1-21-12-5-3-2-4-11(12)17-15(18)13-9-6-7-10(8-9)14(13)16(19)20/h2-7,9-10,13-14H,8H2,1H3,(H,17,18)(H,19,20)/t9-,10+,13+,14+/m1/s1. The summed E-state index contributed by atoms with van der Waals surface area (Å²) in [6.45, 7) is 0. The first kappa shape index (κ1) is 13.7. The van der Waals surface area contributed by atoms with Gasteiger partial charge in [-0.1, -0.05) is 24.3 Å². The predicted octanol–water partition coefficient (Wildman–Crippen LogP) is 2.16. The van der Waals surface area contributed by atoms with E-state index in [1.54, 1.807) is 18.2 Å². The number of carbonyl (C=O) groups excluding carboxylic acids is 1. The van der Waals surface area contributed by atoms with Crippen LogP contribution in [0.25, 0.3) is 0 Å². The first-order valence-electron chi connectivity index (χ1n) is 6.97. The van der Waals surface area contributed by atoms with Crippen molar-refractivity contribution in [2.24, 2.45) is 23.7 Å². The first-order chi connectivity index (χ1) is 10.1. The average molecular weight is 287 g/mol. The number of ether oxygens (including phenoxy) is 1. The summed E-state index contributed by atoms with van der Waals surface area (Å²) >= 11 is 0. The number of anilines is 1. The molecule has 1 aromatic carbocycles. The minimum Gasteiger partial charge on any atom is -0.495 e. The number of carbonyl (C=O) groups is 2. The molecule has 4 atom stereocenters. The summed E-state index contributed by atoms with van der Waals surface area (Å²) in [6, 6.07) is 7.11. The summed E-state index contributed by atoms with van der Waals surface area (Å²) < 4.78 is 5.20. The number of nitrogens with one attached hydrogen (secondary N) is 1. The molecule has 0 heterocycles. The van der Waals surface area contributed by atoms with Crippen molar-refractivity contribution in [1.82, 2.24) is 0 Å². The zero-order valence-electron chi connectivity index (χ0n) is 11.7. The fraction of sp³-hybridized carbons (Fsp3) is 0.375. The smallest absolute Gasteiger partial charge is 0.307 e. The second-order valence-electron chi connectivity index (χ2n) is 5.53. The van der Waals surface area contributed by atoms with Crippen molar-refractivity contribution in [2.75, 3.05) is 12.4 Å². The quantitative estimate of drug-likeness (QED) is 0.832. The lowest BCUT2D eigenvalue weighted by Gasteiger charge is -2.24. The molecule has 1 fully saturated rings. The molecular weight excluding hydrogens is 270 g/mol. The molecule has 3 rings (SSSR count). The number of rotatable bonds is 4. The number of carboxylic acid groups (broad SMARTS) is 1. The monoisotopic (exact) mass is 287 g/mol. The van der Waals surface area contributed by atoms with Crippen molar-refractivity contribution in [1.29, 1.82) is 0 Å². The Morgan fingerprint density at radius 2 is 1.86 bits per heavy atom. The molecule has 2 N–H and O–H groups in total. The highest BCUT2D eigenvalue weighted by atomic mass is 16.5. The van der Waals surface area contributed by atoms with Gasteiger partial charge in [-0.3, -0.25) is 9.59 Å². The number of hydrogen-bond acceptors (Lipinski definition) is 3. The molecule has 2 aliphatic rings. The van der Waals surface area contributed by atoms with E-state index in [-0.39, 0.29) is 17.7 Å². The summed E-state index contributed by atoms with van der Waals surface area (Å²) in [6.07, 6.45) is 4.65. The number of aliphatic carboxylic acids is 1. The van der Waals surface area contributed by atoms with Gasteiger partial charge in [-0.15, -0.1) is 0 Å². The number of para-hydroxylation sites is 2. The van der Waals surface area contributed by atoms with Gasteiger partial charge in [-0.05, 0) is 30.4 Å². The van der Waals surface area contributed by atoms with E-state index in [4.69, 9.17) is 4.74 Å². The number of benzene rings is 1. The molecule has 110 valence electrons. The normalized spacial score (nSPS) is 29.4. The van der Waals surface area contributed by atoms with Gasteiger partial charge in [0.15, 0.2) is 0 Å². The SMILES string of the molecule is COc1ccccc1NC(=O)[C@@H]1[C@@H](C(=O)O)[C@H]2C=C[C@@H]1C2. The van der Waals surface area contributed by atoms with Crippen molar-refractivity contribution >= 4 is 17.6 Å². The van der Waals surface area contributed by atoms with Crippen molar-refractivity contribution in [2.45, 2.75) is 6.42 Å². The van der Waals surface area contributed by atoms with Crippen molar-refractivity contribution in [3.8, 4) is 5.75 Å². The van der Waals surface area contributed by atoms with Crippen LogP contribution in [-0.4, -0.2) is 24.1 Å². The maximum atomic E-state index is 12.5.